The second kappa shape index (κ2) is 6.88. The Labute approximate surface area is 132 Å². The molecule has 8 nitrogen and oxygen atoms in total. The predicted molar refractivity (Wildman–Crippen MR) is 81.3 cm³/mol. The van der Waals surface area contributed by atoms with E-state index in [1.807, 2.05) is 6.07 Å². The summed E-state index contributed by atoms with van der Waals surface area (Å²) in [7, 11) is 0. The van der Waals surface area contributed by atoms with E-state index in [2.05, 4.69) is 20.6 Å². The Kier molecular flexibility index (Phi) is 4.68. The van der Waals surface area contributed by atoms with Gasteiger partial charge in [0.1, 0.15) is 5.75 Å². The Bertz CT molecular complexity index is 650. The average Bonchev–Trinajstić information content (AvgIpc) is 2.55. The van der Waals surface area contributed by atoms with Gasteiger partial charge in [0.05, 0.1) is 35.9 Å². The van der Waals surface area contributed by atoms with E-state index in [9.17, 15) is 5.11 Å². The van der Waals surface area contributed by atoms with Crippen LogP contribution in [0.4, 0.5) is 5.69 Å². The van der Waals surface area contributed by atoms with Crippen LogP contribution in [0.25, 0.3) is 0 Å². The molecule has 122 valence electrons. The van der Waals surface area contributed by atoms with Crippen molar-refractivity contribution in [2.75, 3.05) is 11.9 Å². The molecule has 5 N–H and O–H groups in total. The SMILES string of the molecule is OC(Nc1ccc(C(O)O)nc1)NC1CCOc2cccnc21. The number of aliphatic hydroxyl groups excluding tert-OH is 2. The summed E-state index contributed by atoms with van der Waals surface area (Å²) < 4.78 is 5.53. The molecule has 2 aromatic rings. The maximum absolute atomic E-state index is 10.1. The van der Waals surface area contributed by atoms with Gasteiger partial charge in [-0.05, 0) is 24.3 Å². The second-order valence-electron chi connectivity index (χ2n) is 5.14. The number of pyridine rings is 2. The highest BCUT2D eigenvalue weighted by atomic mass is 16.5. The number of fused-ring (bicyclic) bond motifs is 1. The number of hydrogen-bond donors (Lipinski definition) is 5. The summed E-state index contributed by atoms with van der Waals surface area (Å²) in [6.45, 7) is 0.549. The van der Waals surface area contributed by atoms with Crippen LogP contribution in [-0.4, -0.2) is 38.2 Å². The molecule has 0 saturated heterocycles. The zero-order valence-corrected chi connectivity index (χ0v) is 12.3. The lowest BCUT2D eigenvalue weighted by molar-refractivity contribution is -0.0458. The van der Waals surface area contributed by atoms with Crippen molar-refractivity contribution in [2.24, 2.45) is 0 Å². The van der Waals surface area contributed by atoms with E-state index in [0.717, 1.165) is 5.69 Å². The van der Waals surface area contributed by atoms with Crippen LogP contribution in [0.3, 0.4) is 0 Å². The molecule has 0 amide bonds. The number of hydrogen-bond acceptors (Lipinski definition) is 8. The van der Waals surface area contributed by atoms with E-state index in [4.69, 9.17) is 14.9 Å². The minimum absolute atomic E-state index is 0.131. The van der Waals surface area contributed by atoms with Crippen molar-refractivity contribution in [1.29, 1.82) is 0 Å². The van der Waals surface area contributed by atoms with Crippen LogP contribution < -0.4 is 15.4 Å². The molecule has 8 heteroatoms. The van der Waals surface area contributed by atoms with E-state index in [1.165, 1.54) is 12.3 Å². The fourth-order valence-corrected chi connectivity index (χ4v) is 2.41. The summed E-state index contributed by atoms with van der Waals surface area (Å²) in [5.74, 6) is 0.714. The van der Waals surface area contributed by atoms with Crippen LogP contribution in [-0.2, 0) is 0 Å². The molecule has 0 saturated carbocycles. The Balaban J connectivity index is 1.63. The number of nitrogens with one attached hydrogen (secondary N) is 2. The van der Waals surface area contributed by atoms with Crippen molar-refractivity contribution in [3.05, 3.63) is 48.0 Å². The van der Waals surface area contributed by atoms with Gasteiger partial charge in [0.2, 0.25) is 0 Å². The summed E-state index contributed by atoms with van der Waals surface area (Å²) in [6.07, 6.45) is 1.16. The highest BCUT2D eigenvalue weighted by Gasteiger charge is 2.24. The van der Waals surface area contributed by atoms with Crippen LogP contribution >= 0.6 is 0 Å². The zero-order chi connectivity index (χ0) is 16.2. The number of aliphatic hydroxyl groups is 3. The number of nitrogens with zero attached hydrogens (tertiary/aromatic N) is 2. The highest BCUT2D eigenvalue weighted by molar-refractivity contribution is 5.41. The normalized spacial score (nSPS) is 18.2. The molecule has 0 bridgehead atoms. The van der Waals surface area contributed by atoms with E-state index < -0.39 is 12.6 Å². The molecule has 0 fully saturated rings. The molecule has 3 rings (SSSR count). The van der Waals surface area contributed by atoms with Gasteiger partial charge in [-0.3, -0.25) is 15.3 Å². The lowest BCUT2D eigenvalue weighted by atomic mass is 10.1. The minimum atomic E-state index is -1.61. The summed E-state index contributed by atoms with van der Waals surface area (Å²) in [6, 6.07) is 6.58. The standard InChI is InChI=1S/C15H18N4O4/c20-14(21)11-4-3-9(8-17-11)18-15(22)19-10-5-7-23-12-2-1-6-16-13(10)12/h1-4,6,8,10,14-15,18-22H,5,7H2. The Hall–Kier alpha value is -2.26. The van der Waals surface area contributed by atoms with Gasteiger partial charge in [-0.1, -0.05) is 0 Å². The smallest absolute Gasteiger partial charge is 0.196 e. The molecule has 2 atom stereocenters. The van der Waals surface area contributed by atoms with Crippen molar-refractivity contribution in [3.8, 4) is 5.75 Å². The lowest BCUT2D eigenvalue weighted by Crippen LogP contribution is -2.40. The minimum Gasteiger partial charge on any atom is -0.492 e. The topological polar surface area (TPSA) is 120 Å². The molecule has 1 aliphatic heterocycles. The summed E-state index contributed by atoms with van der Waals surface area (Å²) in [4.78, 5) is 8.18. The zero-order valence-electron chi connectivity index (χ0n) is 12.3. The molecule has 0 aliphatic carbocycles. The van der Waals surface area contributed by atoms with Crippen LogP contribution in [0.1, 0.15) is 30.1 Å². The van der Waals surface area contributed by atoms with Crippen LogP contribution in [0.5, 0.6) is 5.75 Å². The summed E-state index contributed by atoms with van der Waals surface area (Å²) in [5, 5.41) is 34.0. The van der Waals surface area contributed by atoms with Crippen molar-refractivity contribution in [3.63, 3.8) is 0 Å². The molecular formula is C15H18N4O4. The van der Waals surface area contributed by atoms with Crippen LogP contribution in [0, 0.1) is 0 Å². The van der Waals surface area contributed by atoms with Gasteiger partial charge in [-0.2, -0.15) is 0 Å². The van der Waals surface area contributed by atoms with E-state index in [-0.39, 0.29) is 11.7 Å². The Morgan fingerprint density at radius 1 is 1.17 bits per heavy atom. The first kappa shape index (κ1) is 15.6. The molecule has 2 unspecified atom stereocenters. The van der Waals surface area contributed by atoms with Gasteiger partial charge in [0, 0.05) is 12.6 Å². The average molecular weight is 318 g/mol. The maximum Gasteiger partial charge on any atom is 0.196 e. The van der Waals surface area contributed by atoms with Gasteiger partial charge in [0.15, 0.2) is 12.6 Å². The number of aromatic nitrogens is 2. The summed E-state index contributed by atoms with van der Waals surface area (Å²) in [5.41, 5.74) is 1.44. The fraction of sp³-hybridized carbons (Fsp3) is 0.333. The van der Waals surface area contributed by atoms with Crippen molar-refractivity contribution in [2.45, 2.75) is 25.1 Å². The lowest BCUT2D eigenvalue weighted by Gasteiger charge is -2.28. The van der Waals surface area contributed by atoms with E-state index >= 15 is 0 Å². The fourth-order valence-electron chi connectivity index (χ4n) is 2.41. The first-order valence-electron chi connectivity index (χ1n) is 7.24. The third-order valence-electron chi connectivity index (χ3n) is 3.51. The van der Waals surface area contributed by atoms with E-state index in [0.29, 0.717) is 24.5 Å². The molecule has 2 aromatic heterocycles. The Morgan fingerprint density at radius 2 is 2.04 bits per heavy atom. The molecule has 0 spiro atoms. The van der Waals surface area contributed by atoms with E-state index in [1.54, 1.807) is 18.3 Å². The van der Waals surface area contributed by atoms with Crippen molar-refractivity contribution >= 4 is 5.69 Å². The number of rotatable bonds is 5. The molecule has 0 aromatic carbocycles. The highest BCUT2D eigenvalue weighted by Crippen LogP contribution is 2.29. The van der Waals surface area contributed by atoms with Crippen LogP contribution in [0.15, 0.2) is 36.7 Å². The predicted octanol–water partition coefficient (Wildman–Crippen LogP) is 0.261. The van der Waals surface area contributed by atoms with Crippen molar-refractivity contribution in [1.82, 2.24) is 15.3 Å². The Morgan fingerprint density at radius 3 is 2.78 bits per heavy atom. The van der Waals surface area contributed by atoms with Crippen LogP contribution in [0.2, 0.25) is 0 Å². The number of ether oxygens (including phenoxy) is 1. The monoisotopic (exact) mass is 318 g/mol. The molecule has 0 radical (unpaired) electrons. The third kappa shape index (κ3) is 3.74. The number of anilines is 1. The maximum atomic E-state index is 10.1. The molecular weight excluding hydrogens is 300 g/mol. The quantitative estimate of drug-likeness (QED) is 0.498. The van der Waals surface area contributed by atoms with Gasteiger partial charge < -0.3 is 25.4 Å². The first-order valence-corrected chi connectivity index (χ1v) is 7.24. The summed E-state index contributed by atoms with van der Waals surface area (Å²) >= 11 is 0. The van der Waals surface area contributed by atoms with Gasteiger partial charge in [-0.15, -0.1) is 0 Å². The third-order valence-corrected chi connectivity index (χ3v) is 3.51. The van der Waals surface area contributed by atoms with Gasteiger partial charge in [0.25, 0.3) is 0 Å². The van der Waals surface area contributed by atoms with Gasteiger partial charge >= 0.3 is 0 Å². The first-order chi connectivity index (χ1) is 11.1. The molecule has 23 heavy (non-hydrogen) atoms. The second-order valence-corrected chi connectivity index (χ2v) is 5.14. The van der Waals surface area contributed by atoms with Crippen molar-refractivity contribution < 1.29 is 20.1 Å². The molecule has 3 heterocycles. The molecule has 1 aliphatic rings. The van der Waals surface area contributed by atoms with Gasteiger partial charge in [-0.25, -0.2) is 0 Å². The largest absolute Gasteiger partial charge is 0.492 e.